The van der Waals surface area contributed by atoms with Crippen molar-refractivity contribution in [2.24, 2.45) is 0 Å². The summed E-state index contributed by atoms with van der Waals surface area (Å²) in [6, 6.07) is 2.86. The first kappa shape index (κ1) is 15.3. The lowest BCUT2D eigenvalue weighted by atomic mass is 10.2. The second-order valence-corrected chi connectivity index (χ2v) is 6.37. The van der Waals surface area contributed by atoms with Gasteiger partial charge < -0.3 is 5.73 Å². The van der Waals surface area contributed by atoms with Crippen LogP contribution in [0.4, 0.5) is 5.69 Å². The summed E-state index contributed by atoms with van der Waals surface area (Å²) in [5.74, 6) is 0. The molecular weight excluding hydrogens is 272 g/mol. The molecule has 102 valence electrons. The van der Waals surface area contributed by atoms with Gasteiger partial charge in [0.2, 0.25) is 10.0 Å². The van der Waals surface area contributed by atoms with E-state index in [0.29, 0.717) is 10.6 Å². The first-order chi connectivity index (χ1) is 8.31. The summed E-state index contributed by atoms with van der Waals surface area (Å²) in [6.07, 6.45) is 1.50. The molecule has 0 aliphatic carbocycles. The van der Waals surface area contributed by atoms with Crippen LogP contribution in [0, 0.1) is 6.92 Å². The van der Waals surface area contributed by atoms with Gasteiger partial charge in [-0.25, -0.2) is 13.1 Å². The average molecular weight is 291 g/mol. The summed E-state index contributed by atoms with van der Waals surface area (Å²) >= 11 is 5.92. The number of nitrogen functional groups attached to an aromatic ring is 1. The molecule has 0 aromatic heterocycles. The molecule has 0 saturated heterocycles. The highest BCUT2D eigenvalue weighted by Gasteiger charge is 2.19. The molecule has 0 atom stereocenters. The van der Waals surface area contributed by atoms with Crippen molar-refractivity contribution < 1.29 is 8.42 Å². The Bertz CT molecular complexity index is 502. The van der Waals surface area contributed by atoms with Gasteiger partial charge >= 0.3 is 0 Å². The number of nitrogens with two attached hydrogens (primary N) is 1. The Morgan fingerprint density at radius 2 is 1.89 bits per heavy atom. The van der Waals surface area contributed by atoms with Crippen molar-refractivity contribution in [3.63, 3.8) is 0 Å². The van der Waals surface area contributed by atoms with Crippen LogP contribution in [0.1, 0.15) is 32.3 Å². The van der Waals surface area contributed by atoms with Gasteiger partial charge in [0.15, 0.2) is 0 Å². The number of anilines is 1. The fourth-order valence-electron chi connectivity index (χ4n) is 1.66. The molecule has 3 N–H and O–H groups in total. The average Bonchev–Trinajstić information content (AvgIpc) is 2.32. The molecule has 1 aromatic rings. The van der Waals surface area contributed by atoms with E-state index in [1.165, 1.54) is 12.1 Å². The number of sulfonamides is 1. The minimum atomic E-state index is -3.53. The maximum Gasteiger partial charge on any atom is 0.240 e. The monoisotopic (exact) mass is 290 g/mol. The standard InChI is InChI=1S/C12H19ClN2O2S/c1-4-9(5-2)15-18(16,17)10-6-8(3)12(13)11(14)7-10/h6-7,9,15H,4-5,14H2,1-3H3. The maximum absolute atomic E-state index is 12.2. The second-order valence-electron chi connectivity index (χ2n) is 4.28. The molecule has 0 saturated carbocycles. The fraction of sp³-hybridized carbons (Fsp3) is 0.500. The predicted molar refractivity (Wildman–Crippen MR) is 75.3 cm³/mol. The summed E-state index contributed by atoms with van der Waals surface area (Å²) in [7, 11) is -3.53. The minimum absolute atomic E-state index is 0.0628. The van der Waals surface area contributed by atoms with Gasteiger partial charge in [-0.15, -0.1) is 0 Å². The predicted octanol–water partition coefficient (Wildman–Crippen LogP) is 2.70. The van der Waals surface area contributed by atoms with Crippen LogP contribution in [0.15, 0.2) is 17.0 Å². The summed E-state index contributed by atoms with van der Waals surface area (Å²) in [5.41, 5.74) is 6.62. The van der Waals surface area contributed by atoms with Crippen molar-refractivity contribution in [1.82, 2.24) is 4.72 Å². The lowest BCUT2D eigenvalue weighted by Gasteiger charge is -2.16. The Hall–Kier alpha value is -0.780. The van der Waals surface area contributed by atoms with Crippen molar-refractivity contribution in [1.29, 1.82) is 0 Å². The number of rotatable bonds is 5. The van der Waals surface area contributed by atoms with Gasteiger partial charge in [-0.05, 0) is 37.5 Å². The quantitative estimate of drug-likeness (QED) is 0.819. The van der Waals surface area contributed by atoms with E-state index in [-0.39, 0.29) is 16.6 Å². The van der Waals surface area contributed by atoms with Crippen LogP contribution in [0.25, 0.3) is 0 Å². The normalized spacial score (nSPS) is 12.1. The Labute approximate surface area is 114 Å². The molecule has 0 spiro atoms. The Kier molecular flexibility index (Phi) is 5.01. The molecule has 0 heterocycles. The number of nitrogens with one attached hydrogen (secondary N) is 1. The van der Waals surface area contributed by atoms with Crippen LogP contribution in [0.2, 0.25) is 5.02 Å². The third-order valence-electron chi connectivity index (χ3n) is 2.87. The number of hydrogen-bond donors (Lipinski definition) is 2. The zero-order valence-electron chi connectivity index (χ0n) is 10.8. The SMILES string of the molecule is CCC(CC)NS(=O)(=O)c1cc(C)c(Cl)c(N)c1. The van der Waals surface area contributed by atoms with Gasteiger partial charge in [0.05, 0.1) is 15.6 Å². The van der Waals surface area contributed by atoms with Crippen LogP contribution < -0.4 is 10.5 Å². The van der Waals surface area contributed by atoms with E-state index in [1.807, 2.05) is 13.8 Å². The van der Waals surface area contributed by atoms with E-state index in [1.54, 1.807) is 6.92 Å². The van der Waals surface area contributed by atoms with Crippen molar-refractivity contribution in [3.8, 4) is 0 Å². The highest BCUT2D eigenvalue weighted by Crippen LogP contribution is 2.26. The van der Waals surface area contributed by atoms with E-state index >= 15 is 0 Å². The lowest BCUT2D eigenvalue weighted by Crippen LogP contribution is -2.33. The molecule has 0 aliphatic heterocycles. The highest BCUT2D eigenvalue weighted by atomic mass is 35.5. The summed E-state index contributed by atoms with van der Waals surface area (Å²) < 4.78 is 27.0. The largest absolute Gasteiger partial charge is 0.397 e. The van der Waals surface area contributed by atoms with Crippen molar-refractivity contribution in [2.75, 3.05) is 5.73 Å². The molecule has 1 aromatic carbocycles. The van der Waals surface area contributed by atoms with Gasteiger partial charge in [0.1, 0.15) is 0 Å². The van der Waals surface area contributed by atoms with E-state index in [2.05, 4.69) is 4.72 Å². The Morgan fingerprint density at radius 3 is 2.33 bits per heavy atom. The van der Waals surface area contributed by atoms with Gasteiger partial charge in [0.25, 0.3) is 0 Å². The zero-order chi connectivity index (χ0) is 13.9. The second kappa shape index (κ2) is 5.91. The summed E-state index contributed by atoms with van der Waals surface area (Å²) in [6.45, 7) is 5.62. The number of halogens is 1. The first-order valence-electron chi connectivity index (χ1n) is 5.89. The van der Waals surface area contributed by atoms with Crippen LogP contribution in [0.5, 0.6) is 0 Å². The van der Waals surface area contributed by atoms with Gasteiger partial charge in [-0.2, -0.15) is 0 Å². The maximum atomic E-state index is 12.2. The van der Waals surface area contributed by atoms with Crippen LogP contribution >= 0.6 is 11.6 Å². The number of aryl methyl sites for hydroxylation is 1. The topological polar surface area (TPSA) is 72.2 Å². The molecule has 0 fully saturated rings. The molecule has 0 unspecified atom stereocenters. The van der Waals surface area contributed by atoms with E-state index in [4.69, 9.17) is 17.3 Å². The fourth-order valence-corrected chi connectivity index (χ4v) is 3.29. The molecule has 4 nitrogen and oxygen atoms in total. The van der Waals surface area contributed by atoms with E-state index < -0.39 is 10.0 Å². The molecule has 6 heteroatoms. The Balaban J connectivity index is 3.13. The molecule has 0 aliphatic rings. The molecule has 1 rings (SSSR count). The van der Waals surface area contributed by atoms with E-state index in [0.717, 1.165) is 12.8 Å². The molecular formula is C12H19ClN2O2S. The number of hydrogen-bond acceptors (Lipinski definition) is 3. The van der Waals surface area contributed by atoms with Gasteiger partial charge in [0, 0.05) is 6.04 Å². The molecule has 18 heavy (non-hydrogen) atoms. The third kappa shape index (κ3) is 3.37. The zero-order valence-corrected chi connectivity index (χ0v) is 12.4. The number of benzene rings is 1. The van der Waals surface area contributed by atoms with E-state index in [9.17, 15) is 8.42 Å². The first-order valence-corrected chi connectivity index (χ1v) is 7.75. The Morgan fingerprint density at radius 1 is 1.33 bits per heavy atom. The molecule has 0 amide bonds. The van der Waals surface area contributed by atoms with Crippen molar-refractivity contribution >= 4 is 27.3 Å². The summed E-state index contributed by atoms with van der Waals surface area (Å²) in [4.78, 5) is 0.161. The highest BCUT2D eigenvalue weighted by molar-refractivity contribution is 7.89. The molecule has 0 bridgehead atoms. The smallest absolute Gasteiger partial charge is 0.240 e. The minimum Gasteiger partial charge on any atom is -0.397 e. The lowest BCUT2D eigenvalue weighted by molar-refractivity contribution is 0.530. The van der Waals surface area contributed by atoms with Crippen LogP contribution in [-0.2, 0) is 10.0 Å². The third-order valence-corrected chi connectivity index (χ3v) is 4.89. The van der Waals surface area contributed by atoms with Crippen LogP contribution in [-0.4, -0.2) is 14.5 Å². The van der Waals surface area contributed by atoms with Gasteiger partial charge in [-0.1, -0.05) is 25.4 Å². The van der Waals surface area contributed by atoms with Crippen LogP contribution in [0.3, 0.4) is 0 Å². The van der Waals surface area contributed by atoms with Gasteiger partial charge in [-0.3, -0.25) is 0 Å². The van der Waals surface area contributed by atoms with Crippen molar-refractivity contribution in [3.05, 3.63) is 22.7 Å². The molecule has 0 radical (unpaired) electrons. The summed E-state index contributed by atoms with van der Waals surface area (Å²) in [5, 5.41) is 0.400. The van der Waals surface area contributed by atoms with Crippen molar-refractivity contribution in [2.45, 2.75) is 44.6 Å².